The largest absolute Gasteiger partial charge is 0.550 e. The summed E-state index contributed by atoms with van der Waals surface area (Å²) in [5.41, 5.74) is 5.30. The number of aliphatic carboxylic acids is 2. The van der Waals surface area contributed by atoms with Gasteiger partial charge in [0, 0.05) is 5.97 Å². The van der Waals surface area contributed by atoms with Gasteiger partial charge in [-0.25, -0.2) is 0 Å². The number of nitrogens with two attached hydrogens (primary N) is 1. The predicted octanol–water partition coefficient (Wildman–Crippen LogP) is -3.29. The van der Waals surface area contributed by atoms with Gasteiger partial charge in [-0.1, -0.05) is 13.8 Å². The highest BCUT2D eigenvalue weighted by Crippen LogP contribution is 1.94. The first-order valence-corrected chi connectivity index (χ1v) is 6.43. The van der Waals surface area contributed by atoms with Crippen molar-refractivity contribution in [2.45, 2.75) is 45.7 Å². The maximum absolute atomic E-state index is 11.1. The number of rotatable bonds is 8. The molecule has 1 amide bonds. The van der Waals surface area contributed by atoms with Crippen molar-refractivity contribution in [1.82, 2.24) is 10.6 Å². The van der Waals surface area contributed by atoms with E-state index in [1.165, 1.54) is 6.92 Å². The molecule has 2 unspecified atom stereocenters. The highest BCUT2D eigenvalue weighted by atomic mass is 16.4. The van der Waals surface area contributed by atoms with E-state index in [2.05, 4.69) is 24.5 Å². The highest BCUT2D eigenvalue weighted by molar-refractivity contribution is 5.86. The third kappa shape index (κ3) is 12.8. The van der Waals surface area contributed by atoms with Gasteiger partial charge < -0.3 is 36.2 Å². The van der Waals surface area contributed by atoms with Crippen LogP contribution in [0.5, 0.6) is 0 Å². The summed E-state index contributed by atoms with van der Waals surface area (Å²) in [7, 11) is 0. The lowest BCUT2D eigenvalue weighted by Crippen LogP contribution is -2.51. The van der Waals surface area contributed by atoms with Crippen LogP contribution in [0.1, 0.15) is 33.6 Å². The lowest BCUT2D eigenvalue weighted by molar-refractivity contribution is -0.308. The summed E-state index contributed by atoms with van der Waals surface area (Å²) in [4.78, 5) is 31.4. The molecule has 8 heteroatoms. The van der Waals surface area contributed by atoms with E-state index in [1.807, 2.05) is 0 Å². The molecule has 0 aliphatic rings. The maximum Gasteiger partial charge on any atom is 0.237 e. The third-order valence-electron chi connectivity index (χ3n) is 2.21. The molecule has 8 nitrogen and oxygen atoms in total. The van der Waals surface area contributed by atoms with Gasteiger partial charge in [0.1, 0.15) is 0 Å². The van der Waals surface area contributed by atoms with Gasteiger partial charge in [0.05, 0.1) is 18.1 Å². The van der Waals surface area contributed by atoms with Crippen molar-refractivity contribution in [2.24, 2.45) is 5.73 Å². The Kier molecular flexibility index (Phi) is 12.8. The average Bonchev–Trinajstić information content (AvgIpc) is 2.37. The molecule has 0 spiro atoms. The normalized spacial score (nSPS) is 12.6. The van der Waals surface area contributed by atoms with Gasteiger partial charge >= 0.3 is 0 Å². The molecule has 20 heavy (non-hydrogen) atoms. The predicted molar refractivity (Wildman–Crippen MR) is 69.0 cm³/mol. The maximum atomic E-state index is 11.1. The van der Waals surface area contributed by atoms with E-state index >= 15 is 0 Å². The molecule has 0 aromatic heterocycles. The minimum atomic E-state index is -1.43. The number of carbonyl (C=O) groups excluding carboxylic acids is 3. The topological polar surface area (TPSA) is 147 Å². The quantitative estimate of drug-likeness (QED) is 0.424. The van der Waals surface area contributed by atoms with Gasteiger partial charge in [-0.3, -0.25) is 4.79 Å². The Hall–Kier alpha value is -1.67. The minimum absolute atomic E-state index is 0.103. The molecule has 0 rings (SSSR count). The molecule has 118 valence electrons. The molecule has 0 saturated carbocycles. The molecule has 0 aromatic rings. The van der Waals surface area contributed by atoms with Crippen LogP contribution in [0.2, 0.25) is 0 Å². The van der Waals surface area contributed by atoms with Crippen molar-refractivity contribution in [3.8, 4) is 0 Å². The fourth-order valence-corrected chi connectivity index (χ4v) is 1.03. The number of carboxylic acids is 2. The Morgan fingerprint density at radius 2 is 1.65 bits per heavy atom. The lowest BCUT2D eigenvalue weighted by Gasteiger charge is -2.18. The first kappa shape index (κ1) is 20.6. The van der Waals surface area contributed by atoms with Crippen LogP contribution in [-0.2, 0) is 14.4 Å². The number of nitrogens with one attached hydrogen (secondary N) is 2. The molecule has 0 aromatic carbocycles. The Morgan fingerprint density at radius 3 is 1.95 bits per heavy atom. The van der Waals surface area contributed by atoms with E-state index in [4.69, 9.17) is 5.73 Å². The summed E-state index contributed by atoms with van der Waals surface area (Å²) >= 11 is 0. The smallest absolute Gasteiger partial charge is 0.237 e. The summed E-state index contributed by atoms with van der Waals surface area (Å²) in [6.07, 6.45) is -0.456. The molecule has 0 fully saturated rings. The van der Waals surface area contributed by atoms with E-state index in [9.17, 15) is 24.6 Å². The van der Waals surface area contributed by atoms with E-state index in [1.54, 1.807) is 0 Å². The molecule has 0 radical (unpaired) electrons. The van der Waals surface area contributed by atoms with Crippen molar-refractivity contribution in [1.29, 1.82) is 0 Å². The van der Waals surface area contributed by atoms with Gasteiger partial charge in [-0.2, -0.15) is 0 Å². The zero-order valence-corrected chi connectivity index (χ0v) is 12.1. The third-order valence-corrected chi connectivity index (χ3v) is 2.21. The van der Waals surface area contributed by atoms with Crippen LogP contribution in [0.15, 0.2) is 0 Å². The Labute approximate surface area is 118 Å². The number of carbonyl (C=O) groups is 3. The molecule has 4 N–H and O–H groups in total. The summed E-state index contributed by atoms with van der Waals surface area (Å²) in [6.45, 7) is 7.61. The molecule has 2 atom stereocenters. The van der Waals surface area contributed by atoms with Gasteiger partial charge in [-0.15, -0.1) is 0 Å². The molecule has 0 bridgehead atoms. The van der Waals surface area contributed by atoms with Crippen molar-refractivity contribution >= 4 is 17.8 Å². The molecule has 0 aliphatic carbocycles. The van der Waals surface area contributed by atoms with Gasteiger partial charge in [-0.05, 0) is 32.9 Å². The number of amides is 1. The van der Waals surface area contributed by atoms with Crippen LogP contribution in [0.3, 0.4) is 0 Å². The van der Waals surface area contributed by atoms with Crippen LogP contribution in [-0.4, -0.2) is 43.0 Å². The number of carboxylic acid groups (broad SMARTS) is 2. The van der Waals surface area contributed by atoms with Gasteiger partial charge in [0.15, 0.2) is 0 Å². The number of hydrogen-bond acceptors (Lipinski definition) is 7. The molecule has 0 saturated heterocycles. The van der Waals surface area contributed by atoms with E-state index in [0.29, 0.717) is 0 Å². The van der Waals surface area contributed by atoms with Crippen molar-refractivity contribution < 1.29 is 24.6 Å². The second kappa shape index (κ2) is 12.4. The minimum Gasteiger partial charge on any atom is -0.550 e. The molecular formula is C12H23N3O5-2. The Bertz CT molecular complexity index is 307. The highest BCUT2D eigenvalue weighted by Gasteiger charge is 2.15. The summed E-state index contributed by atoms with van der Waals surface area (Å²) in [5.74, 6) is -3.48. The first-order valence-electron chi connectivity index (χ1n) is 6.43. The Balaban J connectivity index is 0. The zero-order valence-electron chi connectivity index (χ0n) is 12.1. The van der Waals surface area contributed by atoms with Crippen LogP contribution in [0, 0.1) is 0 Å². The lowest BCUT2D eigenvalue weighted by atomic mass is 10.1. The van der Waals surface area contributed by atoms with Crippen LogP contribution >= 0.6 is 0 Å². The standard InChI is InChI=1S/C8H14N2O5.C4H11N/c1-4(8(14)15)10-7(13)5(9)2-3-6(11)12;1-3-5-4-2/h4-5H,2-3,9H2,1H3,(H,10,13)(H,11,12)(H,14,15);5H,3-4H2,1-2H3/p-2. The van der Waals surface area contributed by atoms with Crippen LogP contribution < -0.4 is 26.6 Å². The van der Waals surface area contributed by atoms with Crippen LogP contribution in [0.25, 0.3) is 0 Å². The molecule has 0 heterocycles. The average molecular weight is 289 g/mol. The summed E-state index contributed by atoms with van der Waals surface area (Å²) < 4.78 is 0. The van der Waals surface area contributed by atoms with Crippen molar-refractivity contribution in [3.63, 3.8) is 0 Å². The molecular weight excluding hydrogens is 266 g/mol. The van der Waals surface area contributed by atoms with E-state index in [0.717, 1.165) is 13.1 Å². The fraction of sp³-hybridized carbons (Fsp3) is 0.750. The zero-order chi connectivity index (χ0) is 16.1. The summed E-state index contributed by atoms with van der Waals surface area (Å²) in [5, 5.41) is 25.5. The second-order valence-electron chi connectivity index (χ2n) is 4.02. The second-order valence-corrected chi connectivity index (χ2v) is 4.02. The van der Waals surface area contributed by atoms with Gasteiger partial charge in [0.25, 0.3) is 0 Å². The van der Waals surface area contributed by atoms with E-state index in [-0.39, 0.29) is 12.8 Å². The van der Waals surface area contributed by atoms with Gasteiger partial charge in [0.2, 0.25) is 5.91 Å². The molecule has 0 aliphatic heterocycles. The Morgan fingerprint density at radius 1 is 1.15 bits per heavy atom. The SMILES string of the molecule is CC(NC(=O)C(N)CCC(=O)[O-])C(=O)[O-].CCNCC. The monoisotopic (exact) mass is 289 g/mol. The fourth-order valence-electron chi connectivity index (χ4n) is 1.03. The van der Waals surface area contributed by atoms with E-state index < -0.39 is 29.9 Å². The number of hydrogen-bond donors (Lipinski definition) is 3. The van der Waals surface area contributed by atoms with Crippen LogP contribution in [0.4, 0.5) is 0 Å². The van der Waals surface area contributed by atoms with Crippen molar-refractivity contribution in [3.05, 3.63) is 0 Å². The van der Waals surface area contributed by atoms with Crippen molar-refractivity contribution in [2.75, 3.05) is 13.1 Å². The first-order chi connectivity index (χ1) is 9.26. The summed E-state index contributed by atoms with van der Waals surface area (Å²) in [6, 6.07) is -2.23.